The predicted octanol–water partition coefficient (Wildman–Crippen LogP) is 4.84. The van der Waals surface area contributed by atoms with Crippen LogP contribution in [0.25, 0.3) is 33.4 Å². The Morgan fingerprint density at radius 2 is 1.76 bits per heavy atom. The van der Waals surface area contributed by atoms with Gasteiger partial charge >= 0.3 is 0 Å². The Hall–Kier alpha value is -5.07. The fraction of sp³-hybridized carbons (Fsp3) is 0.206. The van der Waals surface area contributed by atoms with Gasteiger partial charge in [-0.25, -0.2) is 12.8 Å². The van der Waals surface area contributed by atoms with E-state index in [0.717, 1.165) is 29.1 Å². The Morgan fingerprint density at radius 1 is 1.00 bits per heavy atom. The molecule has 0 spiro atoms. The van der Waals surface area contributed by atoms with Crippen molar-refractivity contribution in [1.29, 1.82) is 0 Å². The highest BCUT2D eigenvalue weighted by Crippen LogP contribution is 2.45. The number of aliphatic hydroxyl groups is 1. The molecule has 46 heavy (non-hydrogen) atoms. The number of carbonyl (C=O) groups excluding carboxylic acids is 2. The first kappa shape index (κ1) is 30.9. The summed E-state index contributed by atoms with van der Waals surface area (Å²) in [6.07, 6.45) is 4.21. The number of anilines is 1. The zero-order valence-corrected chi connectivity index (χ0v) is 25.9. The number of halogens is 1. The third-order valence-electron chi connectivity index (χ3n) is 8.03. The van der Waals surface area contributed by atoms with Gasteiger partial charge in [0.1, 0.15) is 17.2 Å². The molecule has 12 heteroatoms. The molecule has 2 heterocycles. The molecule has 5 aromatic rings. The van der Waals surface area contributed by atoms with Gasteiger partial charge in [-0.15, -0.1) is 0 Å². The third-order valence-corrected chi connectivity index (χ3v) is 9.21. The summed E-state index contributed by atoms with van der Waals surface area (Å²) in [5.41, 5.74) is 2.42. The van der Waals surface area contributed by atoms with Crippen LogP contribution < -0.4 is 14.9 Å². The molecule has 3 N–H and O–H groups in total. The first-order valence-electron chi connectivity index (χ1n) is 14.6. The van der Waals surface area contributed by atoms with Crippen LogP contribution in [0.4, 0.5) is 10.1 Å². The Kier molecular flexibility index (Phi) is 8.09. The number of pyridine rings is 1. The van der Waals surface area contributed by atoms with E-state index in [1.807, 2.05) is 18.2 Å². The molecule has 2 amide bonds. The van der Waals surface area contributed by atoms with Gasteiger partial charge in [0.15, 0.2) is 0 Å². The highest BCUT2D eigenvalue weighted by molar-refractivity contribution is 7.92. The summed E-state index contributed by atoms with van der Waals surface area (Å²) in [4.78, 5) is 31.2. The highest BCUT2D eigenvalue weighted by atomic mass is 32.2. The van der Waals surface area contributed by atoms with Crippen molar-refractivity contribution < 1.29 is 31.9 Å². The molecule has 10 nitrogen and oxygen atoms in total. The number of aliphatic hydroxyl groups excluding tert-OH is 1. The summed E-state index contributed by atoms with van der Waals surface area (Å²) in [5, 5.41) is 15.9. The Bertz CT molecular complexity index is 2060. The second kappa shape index (κ2) is 12.0. The molecule has 1 fully saturated rings. The van der Waals surface area contributed by atoms with Gasteiger partial charge in [0.05, 0.1) is 41.9 Å². The standard InChI is InChI=1S/C34H31FN4O6S/c1-36-33(42)30-26-19-25(22-6-5-7-23(18-22)32(41)38-34(13-14-34)29-8-3-4-15-37-29)27(39(16-17-40)46(2,43)44)20-28(26)45-31(30)21-9-11-24(35)12-10-21/h3-12,15,18-20,40H,13-14,16-17H2,1-2H3,(H,36,42)(H,38,41). The van der Waals surface area contributed by atoms with E-state index in [1.54, 1.807) is 36.5 Å². The van der Waals surface area contributed by atoms with Crippen molar-refractivity contribution in [2.75, 3.05) is 30.8 Å². The van der Waals surface area contributed by atoms with Crippen molar-refractivity contribution in [2.24, 2.45) is 0 Å². The van der Waals surface area contributed by atoms with Crippen LogP contribution in [0.2, 0.25) is 0 Å². The summed E-state index contributed by atoms with van der Waals surface area (Å²) in [6.45, 7) is -0.719. The molecule has 236 valence electrons. The largest absolute Gasteiger partial charge is 0.455 e. The summed E-state index contributed by atoms with van der Waals surface area (Å²) in [7, 11) is -2.44. The third kappa shape index (κ3) is 5.84. The maximum atomic E-state index is 13.7. The number of amides is 2. The van der Waals surface area contributed by atoms with E-state index in [4.69, 9.17) is 4.42 Å². The molecular formula is C34H31FN4O6S. The molecule has 1 saturated carbocycles. The van der Waals surface area contributed by atoms with Crippen molar-refractivity contribution in [2.45, 2.75) is 18.4 Å². The van der Waals surface area contributed by atoms with Crippen molar-refractivity contribution in [3.63, 3.8) is 0 Å². The number of carbonyl (C=O) groups is 2. The number of sulfonamides is 1. The summed E-state index contributed by atoms with van der Waals surface area (Å²) >= 11 is 0. The number of nitrogens with one attached hydrogen (secondary N) is 2. The zero-order valence-electron chi connectivity index (χ0n) is 25.1. The fourth-order valence-corrected chi connectivity index (χ4v) is 6.54. The van der Waals surface area contributed by atoms with Crippen LogP contribution in [0, 0.1) is 5.82 Å². The Labute approximate surface area is 264 Å². The van der Waals surface area contributed by atoms with Crippen molar-refractivity contribution >= 4 is 38.5 Å². The van der Waals surface area contributed by atoms with Gasteiger partial charge < -0.3 is 20.2 Å². The predicted molar refractivity (Wildman–Crippen MR) is 172 cm³/mol. The van der Waals surface area contributed by atoms with Crippen LogP contribution in [0.1, 0.15) is 39.3 Å². The number of hydrogen-bond donors (Lipinski definition) is 3. The van der Waals surface area contributed by atoms with Crippen molar-refractivity contribution in [1.82, 2.24) is 15.6 Å². The van der Waals surface area contributed by atoms with E-state index < -0.39 is 33.9 Å². The molecule has 0 unspecified atom stereocenters. The lowest BCUT2D eigenvalue weighted by atomic mass is 9.97. The second-order valence-corrected chi connectivity index (χ2v) is 13.1. The van der Waals surface area contributed by atoms with Gasteiger partial charge in [0.25, 0.3) is 11.8 Å². The van der Waals surface area contributed by atoms with Crippen molar-refractivity contribution in [3.05, 3.63) is 108 Å². The van der Waals surface area contributed by atoms with Gasteiger partial charge in [0.2, 0.25) is 10.0 Å². The lowest BCUT2D eigenvalue weighted by molar-refractivity contribution is 0.0928. The molecule has 0 atom stereocenters. The van der Waals surface area contributed by atoms with E-state index in [9.17, 15) is 27.5 Å². The molecule has 0 aliphatic heterocycles. The number of furan rings is 1. The van der Waals surface area contributed by atoms with Gasteiger partial charge in [-0.3, -0.25) is 18.9 Å². The second-order valence-electron chi connectivity index (χ2n) is 11.1. The van der Waals surface area contributed by atoms with Crippen LogP contribution in [0.3, 0.4) is 0 Å². The quantitative estimate of drug-likeness (QED) is 0.198. The first-order chi connectivity index (χ1) is 22.0. The van der Waals surface area contributed by atoms with E-state index in [1.165, 1.54) is 37.4 Å². The highest BCUT2D eigenvalue weighted by Gasteiger charge is 2.47. The van der Waals surface area contributed by atoms with E-state index in [-0.39, 0.29) is 35.0 Å². The summed E-state index contributed by atoms with van der Waals surface area (Å²) in [6, 6.07) is 20.9. The molecule has 1 aliphatic carbocycles. The van der Waals surface area contributed by atoms with E-state index >= 15 is 0 Å². The van der Waals surface area contributed by atoms with Crippen molar-refractivity contribution in [3.8, 4) is 22.5 Å². The molecule has 0 radical (unpaired) electrons. The number of fused-ring (bicyclic) bond motifs is 1. The summed E-state index contributed by atoms with van der Waals surface area (Å²) < 4.78 is 47.0. The zero-order chi connectivity index (χ0) is 32.6. The number of aromatic nitrogens is 1. The van der Waals surface area contributed by atoms with Gasteiger partial charge in [-0.05, 0) is 73.0 Å². The smallest absolute Gasteiger partial charge is 0.255 e. The molecule has 6 rings (SSSR count). The molecular weight excluding hydrogens is 611 g/mol. The number of rotatable bonds is 10. The summed E-state index contributed by atoms with van der Waals surface area (Å²) in [5.74, 6) is -1.08. The lowest BCUT2D eigenvalue weighted by Gasteiger charge is -2.24. The van der Waals surface area contributed by atoms with Gasteiger partial charge in [0, 0.05) is 41.4 Å². The average Bonchev–Trinajstić information content (AvgIpc) is 3.74. The monoisotopic (exact) mass is 642 g/mol. The van der Waals surface area contributed by atoms with Crippen LogP contribution in [-0.2, 0) is 15.6 Å². The minimum atomic E-state index is -3.91. The average molecular weight is 643 g/mol. The van der Waals surface area contributed by atoms with E-state index in [2.05, 4.69) is 15.6 Å². The van der Waals surface area contributed by atoms with Crippen LogP contribution in [-0.4, -0.2) is 56.8 Å². The number of nitrogens with zero attached hydrogens (tertiary/aromatic N) is 2. The molecule has 0 bridgehead atoms. The molecule has 0 saturated heterocycles. The van der Waals surface area contributed by atoms with Gasteiger partial charge in [-0.2, -0.15) is 0 Å². The number of benzene rings is 3. The van der Waals surface area contributed by atoms with Crippen LogP contribution in [0.5, 0.6) is 0 Å². The minimum Gasteiger partial charge on any atom is -0.455 e. The minimum absolute atomic E-state index is 0.169. The fourth-order valence-electron chi connectivity index (χ4n) is 5.61. The van der Waals surface area contributed by atoms with Gasteiger partial charge in [-0.1, -0.05) is 18.2 Å². The SMILES string of the molecule is CNC(=O)c1c(-c2ccc(F)cc2)oc2cc(N(CCO)S(C)(=O)=O)c(-c3cccc(C(=O)NC4(c5ccccn5)CC4)c3)cc12. The van der Waals surface area contributed by atoms with Crippen LogP contribution in [0.15, 0.2) is 89.5 Å². The maximum absolute atomic E-state index is 13.7. The normalized spacial score (nSPS) is 13.7. The number of hydrogen-bond acceptors (Lipinski definition) is 7. The van der Waals surface area contributed by atoms with E-state index in [0.29, 0.717) is 27.6 Å². The molecule has 2 aromatic heterocycles. The Balaban J connectivity index is 1.52. The van der Waals surface area contributed by atoms with Crippen LogP contribution >= 0.6 is 0 Å². The first-order valence-corrected chi connectivity index (χ1v) is 16.4. The molecule has 3 aromatic carbocycles. The maximum Gasteiger partial charge on any atom is 0.255 e. The molecule has 1 aliphatic rings. The lowest BCUT2D eigenvalue weighted by Crippen LogP contribution is -2.35. The topological polar surface area (TPSA) is 142 Å². The Morgan fingerprint density at radius 3 is 2.39 bits per heavy atom.